The third kappa shape index (κ3) is 3.26. The molecule has 0 aromatic heterocycles. The molecule has 1 aliphatic heterocycles. The van der Waals surface area contributed by atoms with Crippen LogP contribution in [0.25, 0.3) is 11.6 Å². The van der Waals surface area contributed by atoms with E-state index in [9.17, 15) is 0 Å². The number of rotatable bonds is 6. The van der Waals surface area contributed by atoms with Gasteiger partial charge in [-0.3, -0.25) is 4.90 Å². The predicted octanol–water partition coefficient (Wildman–Crippen LogP) is 4.19. The first-order valence-corrected chi connectivity index (χ1v) is 8.75. The SMILES string of the molecule is BrCCCOc1ccc2c(c1)C(CN1CCCCC1)=C2. The minimum Gasteiger partial charge on any atom is -0.494 e. The second-order valence-electron chi connectivity index (χ2n) is 5.65. The summed E-state index contributed by atoms with van der Waals surface area (Å²) in [4.78, 5) is 2.58. The number of benzene rings is 1. The van der Waals surface area contributed by atoms with E-state index < -0.39 is 0 Å². The Kier molecular flexibility index (Phi) is 4.79. The lowest BCUT2D eigenvalue weighted by atomic mass is 9.87. The largest absolute Gasteiger partial charge is 0.494 e. The van der Waals surface area contributed by atoms with E-state index >= 15 is 0 Å². The molecule has 0 unspecified atom stereocenters. The van der Waals surface area contributed by atoms with E-state index in [-0.39, 0.29) is 0 Å². The third-order valence-electron chi connectivity index (χ3n) is 4.09. The quantitative estimate of drug-likeness (QED) is 0.570. The predicted molar refractivity (Wildman–Crippen MR) is 88.5 cm³/mol. The Hall–Kier alpha value is -0.800. The van der Waals surface area contributed by atoms with E-state index in [2.05, 4.69) is 45.1 Å². The van der Waals surface area contributed by atoms with Gasteiger partial charge in [0.25, 0.3) is 0 Å². The van der Waals surface area contributed by atoms with E-state index in [1.165, 1.54) is 49.1 Å². The van der Waals surface area contributed by atoms with Crippen LogP contribution in [0.1, 0.15) is 36.8 Å². The summed E-state index contributed by atoms with van der Waals surface area (Å²) in [6.07, 6.45) is 7.49. The summed E-state index contributed by atoms with van der Waals surface area (Å²) in [6.45, 7) is 4.41. The van der Waals surface area contributed by atoms with Crippen LogP contribution in [0.15, 0.2) is 18.2 Å². The number of hydrogen-bond donors (Lipinski definition) is 0. The maximum absolute atomic E-state index is 5.78. The van der Waals surface area contributed by atoms with Gasteiger partial charge in [0, 0.05) is 11.9 Å². The Morgan fingerprint density at radius 2 is 2.00 bits per heavy atom. The maximum atomic E-state index is 5.78. The number of fused-ring (bicyclic) bond motifs is 1. The molecule has 2 aliphatic rings. The van der Waals surface area contributed by atoms with Crippen molar-refractivity contribution in [2.24, 2.45) is 0 Å². The smallest absolute Gasteiger partial charge is 0.119 e. The molecule has 0 spiro atoms. The van der Waals surface area contributed by atoms with Gasteiger partial charge in [0.2, 0.25) is 0 Å². The van der Waals surface area contributed by atoms with Gasteiger partial charge >= 0.3 is 0 Å². The van der Waals surface area contributed by atoms with Gasteiger partial charge in [0.05, 0.1) is 6.61 Å². The zero-order valence-corrected chi connectivity index (χ0v) is 13.5. The fourth-order valence-electron chi connectivity index (χ4n) is 2.95. The number of piperidine rings is 1. The summed E-state index contributed by atoms with van der Waals surface area (Å²) in [6, 6.07) is 6.47. The Balaban J connectivity index is 1.59. The highest BCUT2D eigenvalue weighted by molar-refractivity contribution is 9.09. The lowest BCUT2D eigenvalue weighted by Crippen LogP contribution is -2.32. The number of nitrogens with zero attached hydrogens (tertiary/aromatic N) is 1. The topological polar surface area (TPSA) is 12.5 Å². The normalized spacial score (nSPS) is 18.1. The highest BCUT2D eigenvalue weighted by atomic mass is 79.9. The van der Waals surface area contributed by atoms with Crippen LogP contribution >= 0.6 is 15.9 Å². The molecule has 3 rings (SSSR count). The zero-order chi connectivity index (χ0) is 13.8. The van der Waals surface area contributed by atoms with E-state index in [4.69, 9.17) is 4.74 Å². The van der Waals surface area contributed by atoms with Gasteiger partial charge in [0.1, 0.15) is 5.75 Å². The van der Waals surface area contributed by atoms with E-state index in [1.807, 2.05) is 0 Å². The highest BCUT2D eigenvalue weighted by Gasteiger charge is 2.20. The fraction of sp³-hybridized carbons (Fsp3) is 0.529. The lowest BCUT2D eigenvalue weighted by molar-refractivity contribution is 0.255. The second kappa shape index (κ2) is 6.77. The Labute approximate surface area is 129 Å². The van der Waals surface area contributed by atoms with E-state index in [0.717, 1.165) is 30.7 Å². The van der Waals surface area contributed by atoms with Crippen molar-refractivity contribution in [3.63, 3.8) is 0 Å². The standard InChI is InChI=1S/C17H22BrNO/c18-7-4-10-20-16-6-5-14-11-15(17(14)12-16)13-19-8-2-1-3-9-19/h5-6,11-12H,1-4,7-10,13H2. The number of hydrogen-bond acceptors (Lipinski definition) is 2. The molecule has 1 heterocycles. The molecule has 20 heavy (non-hydrogen) atoms. The molecule has 0 saturated carbocycles. The second-order valence-corrected chi connectivity index (χ2v) is 6.44. The summed E-state index contributed by atoms with van der Waals surface area (Å²) >= 11 is 3.43. The molecule has 108 valence electrons. The van der Waals surface area contributed by atoms with Crippen LogP contribution in [0, 0.1) is 0 Å². The van der Waals surface area contributed by atoms with Crippen molar-refractivity contribution in [3.05, 3.63) is 29.3 Å². The average Bonchev–Trinajstić information content (AvgIpc) is 2.47. The van der Waals surface area contributed by atoms with Gasteiger partial charge in [-0.05, 0) is 67.3 Å². The van der Waals surface area contributed by atoms with Crippen molar-refractivity contribution in [2.45, 2.75) is 25.7 Å². The maximum Gasteiger partial charge on any atom is 0.119 e. The zero-order valence-electron chi connectivity index (χ0n) is 11.9. The summed E-state index contributed by atoms with van der Waals surface area (Å²) in [5, 5.41) is 0.998. The Morgan fingerprint density at radius 3 is 2.80 bits per heavy atom. The summed E-state index contributed by atoms with van der Waals surface area (Å²) in [5.74, 6) is 1.01. The van der Waals surface area contributed by atoms with Crippen LogP contribution in [0.5, 0.6) is 5.75 Å². The van der Waals surface area contributed by atoms with Crippen molar-refractivity contribution in [1.29, 1.82) is 0 Å². The molecule has 3 heteroatoms. The average molecular weight is 336 g/mol. The number of halogens is 1. The molecule has 1 aromatic rings. The van der Waals surface area contributed by atoms with Crippen molar-refractivity contribution < 1.29 is 4.74 Å². The van der Waals surface area contributed by atoms with E-state index in [1.54, 1.807) is 0 Å². The van der Waals surface area contributed by atoms with Gasteiger partial charge in [-0.1, -0.05) is 28.4 Å². The van der Waals surface area contributed by atoms with Gasteiger partial charge in [-0.25, -0.2) is 0 Å². The van der Waals surface area contributed by atoms with Gasteiger partial charge in [-0.2, -0.15) is 0 Å². The van der Waals surface area contributed by atoms with E-state index in [0.29, 0.717) is 0 Å². The molecular weight excluding hydrogens is 314 g/mol. The molecule has 1 saturated heterocycles. The molecule has 1 fully saturated rings. The lowest BCUT2D eigenvalue weighted by Gasteiger charge is -2.30. The molecule has 0 bridgehead atoms. The summed E-state index contributed by atoms with van der Waals surface area (Å²) < 4.78 is 5.78. The number of likely N-dealkylation sites (tertiary alicyclic amines) is 1. The van der Waals surface area contributed by atoms with Crippen molar-refractivity contribution in [2.75, 3.05) is 31.6 Å². The molecule has 1 aromatic carbocycles. The molecule has 0 amide bonds. The molecule has 0 N–H and O–H groups in total. The first-order valence-electron chi connectivity index (χ1n) is 7.63. The van der Waals surface area contributed by atoms with Crippen LogP contribution in [0.3, 0.4) is 0 Å². The first kappa shape index (κ1) is 14.2. The third-order valence-corrected chi connectivity index (χ3v) is 4.65. The van der Waals surface area contributed by atoms with Crippen molar-refractivity contribution >= 4 is 27.6 Å². The fourth-order valence-corrected chi connectivity index (χ4v) is 3.18. The van der Waals surface area contributed by atoms with Crippen LogP contribution in [0.4, 0.5) is 0 Å². The van der Waals surface area contributed by atoms with Crippen molar-refractivity contribution in [1.82, 2.24) is 4.90 Å². The molecule has 1 aliphatic carbocycles. The minimum atomic E-state index is 0.787. The summed E-state index contributed by atoms with van der Waals surface area (Å²) in [7, 11) is 0. The van der Waals surface area contributed by atoms with Crippen molar-refractivity contribution in [3.8, 4) is 5.75 Å². The highest BCUT2D eigenvalue weighted by Crippen LogP contribution is 2.36. The Bertz CT molecular complexity index is 492. The number of alkyl halides is 1. The molecule has 0 radical (unpaired) electrons. The van der Waals surface area contributed by atoms with Gasteiger partial charge in [-0.15, -0.1) is 0 Å². The first-order chi connectivity index (χ1) is 9.86. The van der Waals surface area contributed by atoms with Gasteiger partial charge in [0.15, 0.2) is 0 Å². The van der Waals surface area contributed by atoms with Crippen LogP contribution in [-0.4, -0.2) is 36.5 Å². The molecule has 0 atom stereocenters. The van der Waals surface area contributed by atoms with Gasteiger partial charge < -0.3 is 4.74 Å². The Morgan fingerprint density at radius 1 is 1.15 bits per heavy atom. The minimum absolute atomic E-state index is 0.787. The molecule has 2 nitrogen and oxygen atoms in total. The number of ether oxygens (including phenoxy) is 1. The van der Waals surface area contributed by atoms with Crippen LogP contribution < -0.4 is 4.74 Å². The monoisotopic (exact) mass is 335 g/mol. The summed E-state index contributed by atoms with van der Waals surface area (Å²) in [5.41, 5.74) is 4.24. The molecular formula is C17H22BrNO. The van der Waals surface area contributed by atoms with Crippen LogP contribution in [-0.2, 0) is 0 Å². The van der Waals surface area contributed by atoms with Crippen LogP contribution in [0.2, 0.25) is 0 Å².